The van der Waals surface area contributed by atoms with Crippen molar-refractivity contribution in [2.75, 3.05) is 11.9 Å². The summed E-state index contributed by atoms with van der Waals surface area (Å²) in [7, 11) is 0. The highest BCUT2D eigenvalue weighted by Crippen LogP contribution is 2.36. The Morgan fingerprint density at radius 3 is 2.35 bits per heavy atom. The molecule has 20 heavy (non-hydrogen) atoms. The molecule has 1 nitrogen and oxygen atoms in total. The lowest BCUT2D eigenvalue weighted by atomic mass is 10.1. The molecule has 2 aromatic carbocycles. The van der Waals surface area contributed by atoms with Crippen LogP contribution in [-0.4, -0.2) is 6.54 Å². The summed E-state index contributed by atoms with van der Waals surface area (Å²) in [4.78, 5) is 0. The summed E-state index contributed by atoms with van der Waals surface area (Å²) >= 11 is 2.92. The highest BCUT2D eigenvalue weighted by atomic mass is 79.9. The Labute approximate surface area is 123 Å². The molecule has 0 bridgehead atoms. The van der Waals surface area contributed by atoms with E-state index in [0.717, 1.165) is 18.1 Å². The Balaban J connectivity index is 2.00. The molecular weight excluding hydrogens is 331 g/mol. The number of anilines is 1. The maximum Gasteiger partial charge on any atom is 0.417 e. The molecule has 5 heteroatoms. The van der Waals surface area contributed by atoms with Gasteiger partial charge in [0.2, 0.25) is 0 Å². The van der Waals surface area contributed by atoms with Gasteiger partial charge < -0.3 is 5.32 Å². The van der Waals surface area contributed by atoms with Gasteiger partial charge in [0, 0.05) is 16.7 Å². The molecule has 0 aromatic heterocycles. The fraction of sp³-hybridized carbons (Fsp3) is 0.200. The second-order valence-corrected chi connectivity index (χ2v) is 5.21. The fourth-order valence-electron chi connectivity index (χ4n) is 1.85. The molecule has 0 spiro atoms. The topological polar surface area (TPSA) is 12.0 Å². The van der Waals surface area contributed by atoms with Gasteiger partial charge >= 0.3 is 6.18 Å². The number of hydrogen-bond donors (Lipinski definition) is 1. The minimum atomic E-state index is -4.35. The predicted molar refractivity (Wildman–Crippen MR) is 77.8 cm³/mol. The molecule has 0 aliphatic heterocycles. The van der Waals surface area contributed by atoms with Crippen molar-refractivity contribution in [3.05, 3.63) is 64.1 Å². The standard InChI is InChI=1S/C15H13BrF3N/c16-14-7-6-12(10-13(14)15(17,18)19)20-9-8-11-4-2-1-3-5-11/h1-7,10,20H,8-9H2. The van der Waals surface area contributed by atoms with E-state index in [0.29, 0.717) is 12.2 Å². The van der Waals surface area contributed by atoms with Gasteiger partial charge in [-0.1, -0.05) is 46.3 Å². The first-order valence-electron chi connectivity index (χ1n) is 6.11. The highest BCUT2D eigenvalue weighted by molar-refractivity contribution is 9.10. The summed E-state index contributed by atoms with van der Waals surface area (Å²) in [6.07, 6.45) is -3.59. The monoisotopic (exact) mass is 343 g/mol. The van der Waals surface area contributed by atoms with Crippen LogP contribution in [0, 0.1) is 0 Å². The van der Waals surface area contributed by atoms with E-state index in [-0.39, 0.29) is 4.47 Å². The quantitative estimate of drug-likeness (QED) is 0.812. The van der Waals surface area contributed by atoms with Crippen molar-refractivity contribution in [1.29, 1.82) is 0 Å². The van der Waals surface area contributed by atoms with Crippen LogP contribution >= 0.6 is 15.9 Å². The van der Waals surface area contributed by atoms with Crippen LogP contribution in [0.2, 0.25) is 0 Å². The summed E-state index contributed by atoms with van der Waals surface area (Å²) in [5.41, 5.74) is 0.951. The zero-order chi connectivity index (χ0) is 14.6. The molecule has 106 valence electrons. The van der Waals surface area contributed by atoms with E-state index in [1.54, 1.807) is 6.07 Å². The van der Waals surface area contributed by atoms with Gasteiger partial charge in [-0.15, -0.1) is 0 Å². The SMILES string of the molecule is FC(F)(F)c1cc(NCCc2ccccc2)ccc1Br. The second kappa shape index (κ2) is 6.31. The average Bonchev–Trinajstić information content (AvgIpc) is 2.40. The Morgan fingerprint density at radius 2 is 1.70 bits per heavy atom. The first-order chi connectivity index (χ1) is 9.47. The van der Waals surface area contributed by atoms with E-state index in [1.165, 1.54) is 6.07 Å². The van der Waals surface area contributed by atoms with Crippen molar-refractivity contribution in [3.63, 3.8) is 0 Å². The second-order valence-electron chi connectivity index (χ2n) is 4.35. The van der Waals surface area contributed by atoms with Crippen molar-refractivity contribution in [2.24, 2.45) is 0 Å². The van der Waals surface area contributed by atoms with Crippen LogP contribution in [-0.2, 0) is 12.6 Å². The number of nitrogens with one attached hydrogen (secondary N) is 1. The molecule has 0 aliphatic carbocycles. The van der Waals surface area contributed by atoms with E-state index < -0.39 is 11.7 Å². The lowest BCUT2D eigenvalue weighted by molar-refractivity contribution is -0.138. The zero-order valence-corrected chi connectivity index (χ0v) is 12.1. The number of halogens is 4. The normalized spacial score (nSPS) is 11.4. The Bertz CT molecular complexity index is 567. The summed E-state index contributed by atoms with van der Waals surface area (Å²) in [6.45, 7) is 0.586. The molecule has 0 radical (unpaired) electrons. The third-order valence-corrected chi connectivity index (χ3v) is 3.55. The smallest absolute Gasteiger partial charge is 0.385 e. The zero-order valence-electron chi connectivity index (χ0n) is 10.5. The van der Waals surface area contributed by atoms with Crippen LogP contribution in [0.15, 0.2) is 53.0 Å². The van der Waals surface area contributed by atoms with Gasteiger partial charge in [0.1, 0.15) is 0 Å². The van der Waals surface area contributed by atoms with Crippen molar-refractivity contribution in [1.82, 2.24) is 0 Å². The van der Waals surface area contributed by atoms with E-state index in [2.05, 4.69) is 21.2 Å². The van der Waals surface area contributed by atoms with Crippen LogP contribution in [0.1, 0.15) is 11.1 Å². The van der Waals surface area contributed by atoms with Crippen LogP contribution in [0.3, 0.4) is 0 Å². The van der Waals surface area contributed by atoms with Crippen LogP contribution in [0.4, 0.5) is 18.9 Å². The summed E-state index contributed by atoms with van der Waals surface area (Å²) in [5, 5.41) is 3.01. The number of hydrogen-bond acceptors (Lipinski definition) is 1. The molecule has 2 rings (SSSR count). The summed E-state index contributed by atoms with van der Waals surface area (Å²) in [6, 6.07) is 14.0. The maximum atomic E-state index is 12.8. The first kappa shape index (κ1) is 14.9. The molecule has 0 atom stereocenters. The van der Waals surface area contributed by atoms with Gasteiger partial charge in [-0.3, -0.25) is 0 Å². The third-order valence-electron chi connectivity index (χ3n) is 2.86. The first-order valence-corrected chi connectivity index (χ1v) is 6.90. The molecular formula is C15H13BrF3N. The molecule has 0 saturated carbocycles. The maximum absolute atomic E-state index is 12.8. The summed E-state index contributed by atoms with van der Waals surface area (Å²) in [5.74, 6) is 0. The van der Waals surface area contributed by atoms with E-state index in [9.17, 15) is 13.2 Å². The molecule has 0 fully saturated rings. The highest BCUT2D eigenvalue weighted by Gasteiger charge is 2.33. The van der Waals surface area contributed by atoms with Crippen LogP contribution < -0.4 is 5.32 Å². The van der Waals surface area contributed by atoms with Crippen molar-refractivity contribution in [3.8, 4) is 0 Å². The molecule has 0 saturated heterocycles. The van der Waals surface area contributed by atoms with E-state index >= 15 is 0 Å². The Kier molecular flexibility index (Phi) is 4.70. The molecule has 2 aromatic rings. The van der Waals surface area contributed by atoms with Gasteiger partial charge in [0.15, 0.2) is 0 Å². The van der Waals surface area contributed by atoms with Gasteiger partial charge in [-0.25, -0.2) is 0 Å². The number of rotatable bonds is 4. The minimum Gasteiger partial charge on any atom is -0.385 e. The molecule has 0 amide bonds. The van der Waals surface area contributed by atoms with E-state index in [4.69, 9.17) is 0 Å². The van der Waals surface area contributed by atoms with Crippen LogP contribution in [0.25, 0.3) is 0 Å². The third kappa shape index (κ3) is 4.00. The van der Waals surface area contributed by atoms with Crippen LogP contribution in [0.5, 0.6) is 0 Å². The number of alkyl halides is 3. The lowest BCUT2D eigenvalue weighted by Crippen LogP contribution is -2.09. The molecule has 0 heterocycles. The minimum absolute atomic E-state index is 0.0543. The fourth-order valence-corrected chi connectivity index (χ4v) is 2.32. The van der Waals surface area contributed by atoms with Gasteiger partial charge in [-0.05, 0) is 30.2 Å². The van der Waals surface area contributed by atoms with Gasteiger partial charge in [0.25, 0.3) is 0 Å². The Morgan fingerprint density at radius 1 is 1.00 bits per heavy atom. The molecule has 0 unspecified atom stereocenters. The Hall–Kier alpha value is -1.49. The van der Waals surface area contributed by atoms with Crippen molar-refractivity contribution >= 4 is 21.6 Å². The van der Waals surface area contributed by atoms with Crippen molar-refractivity contribution in [2.45, 2.75) is 12.6 Å². The number of benzene rings is 2. The van der Waals surface area contributed by atoms with Gasteiger partial charge in [-0.2, -0.15) is 13.2 Å². The lowest BCUT2D eigenvalue weighted by Gasteiger charge is -2.12. The van der Waals surface area contributed by atoms with Crippen molar-refractivity contribution < 1.29 is 13.2 Å². The molecule has 0 aliphatic rings. The molecule has 1 N–H and O–H groups in total. The average molecular weight is 344 g/mol. The van der Waals surface area contributed by atoms with Gasteiger partial charge in [0.05, 0.1) is 5.56 Å². The summed E-state index contributed by atoms with van der Waals surface area (Å²) < 4.78 is 38.3. The van der Waals surface area contributed by atoms with E-state index in [1.807, 2.05) is 30.3 Å². The predicted octanol–water partition coefficient (Wildman–Crippen LogP) is 5.12. The largest absolute Gasteiger partial charge is 0.417 e.